The molecule has 2 N–H and O–H groups in total. The highest BCUT2D eigenvalue weighted by Crippen LogP contribution is 2.47. The van der Waals surface area contributed by atoms with Gasteiger partial charge in [0.25, 0.3) is 0 Å². The number of nitrogens with zero attached hydrogens (tertiary/aromatic N) is 1. The van der Waals surface area contributed by atoms with Crippen LogP contribution in [0.1, 0.15) is 71.1 Å². The first-order chi connectivity index (χ1) is 10.2. The smallest absolute Gasteiger partial charge is 0.0613 e. The van der Waals surface area contributed by atoms with Gasteiger partial charge in [-0.3, -0.25) is 0 Å². The molecule has 1 saturated heterocycles. The van der Waals surface area contributed by atoms with E-state index in [1.165, 1.54) is 58.0 Å². The molecule has 2 saturated carbocycles. The first kappa shape index (κ1) is 15.8. The number of hydrogen-bond acceptors (Lipinski definition) is 3. The summed E-state index contributed by atoms with van der Waals surface area (Å²) in [5, 5.41) is 13.5. The lowest BCUT2D eigenvalue weighted by molar-refractivity contribution is 0.0707. The summed E-state index contributed by atoms with van der Waals surface area (Å²) in [6.45, 7) is 6.16. The second kappa shape index (κ2) is 6.55. The van der Waals surface area contributed by atoms with Gasteiger partial charge in [0.1, 0.15) is 0 Å². The summed E-state index contributed by atoms with van der Waals surface area (Å²) in [6, 6.07) is 0.709. The Bertz CT molecular complexity index is 330. The molecule has 0 bridgehead atoms. The predicted molar refractivity (Wildman–Crippen MR) is 87.5 cm³/mol. The van der Waals surface area contributed by atoms with E-state index in [1.807, 2.05) is 0 Å². The summed E-state index contributed by atoms with van der Waals surface area (Å²) < 4.78 is 0. The van der Waals surface area contributed by atoms with E-state index >= 15 is 0 Å². The zero-order chi connectivity index (χ0) is 14.8. The molecule has 0 aromatic heterocycles. The zero-order valence-corrected chi connectivity index (χ0v) is 13.9. The Hall–Kier alpha value is -0.120. The Morgan fingerprint density at radius 2 is 1.81 bits per heavy atom. The molecule has 122 valence electrons. The van der Waals surface area contributed by atoms with Crippen molar-refractivity contribution in [2.75, 3.05) is 26.2 Å². The van der Waals surface area contributed by atoms with Gasteiger partial charge >= 0.3 is 0 Å². The number of hydrogen-bond donors (Lipinski definition) is 2. The molecule has 3 fully saturated rings. The number of aliphatic hydroxyl groups excluding tert-OH is 1. The van der Waals surface area contributed by atoms with Crippen LogP contribution in [0.2, 0.25) is 0 Å². The van der Waals surface area contributed by atoms with Gasteiger partial charge in [0.2, 0.25) is 0 Å². The summed E-state index contributed by atoms with van der Waals surface area (Å²) in [5.74, 6) is 0. The highest BCUT2D eigenvalue weighted by molar-refractivity contribution is 5.01. The number of aliphatic hydroxyl groups is 1. The molecule has 2 atom stereocenters. The SMILES string of the molecule is CCCNC1(CO)CCC(N2CCC3(CCCC3)CC2)C1. The number of likely N-dealkylation sites (tertiary alicyclic amines) is 1. The molecule has 2 unspecified atom stereocenters. The third-order valence-corrected chi connectivity index (χ3v) is 6.67. The molecule has 0 aromatic carbocycles. The monoisotopic (exact) mass is 294 g/mol. The standard InChI is InChI=1S/C18H34N2O/c1-2-11-19-18(15-21)8-5-16(14-18)20-12-9-17(10-13-20)6-3-4-7-17/h16,19,21H,2-15H2,1H3. The van der Waals surface area contributed by atoms with Crippen LogP contribution in [0.25, 0.3) is 0 Å². The van der Waals surface area contributed by atoms with Crippen molar-refractivity contribution >= 4 is 0 Å². The summed E-state index contributed by atoms with van der Waals surface area (Å²) in [4.78, 5) is 2.74. The highest BCUT2D eigenvalue weighted by Gasteiger charge is 2.43. The predicted octanol–water partition coefficient (Wildman–Crippen LogP) is 2.93. The van der Waals surface area contributed by atoms with Gasteiger partial charge in [0.15, 0.2) is 0 Å². The van der Waals surface area contributed by atoms with Crippen LogP contribution in [-0.2, 0) is 0 Å². The number of piperidine rings is 1. The largest absolute Gasteiger partial charge is 0.394 e. The van der Waals surface area contributed by atoms with Crippen LogP contribution in [0.15, 0.2) is 0 Å². The van der Waals surface area contributed by atoms with E-state index in [4.69, 9.17) is 0 Å². The molecule has 3 rings (SSSR count). The van der Waals surface area contributed by atoms with E-state index in [0.29, 0.717) is 12.6 Å². The molecule has 1 heterocycles. The van der Waals surface area contributed by atoms with Crippen molar-refractivity contribution < 1.29 is 5.11 Å². The fourth-order valence-corrected chi connectivity index (χ4v) is 5.15. The molecule has 21 heavy (non-hydrogen) atoms. The molecule has 2 aliphatic carbocycles. The molecule has 0 amide bonds. The van der Waals surface area contributed by atoms with Gasteiger partial charge in [-0.1, -0.05) is 19.8 Å². The Morgan fingerprint density at radius 3 is 2.43 bits per heavy atom. The molecule has 1 aliphatic heterocycles. The van der Waals surface area contributed by atoms with Crippen molar-refractivity contribution in [3.05, 3.63) is 0 Å². The van der Waals surface area contributed by atoms with Crippen LogP contribution in [-0.4, -0.2) is 47.8 Å². The molecular formula is C18H34N2O. The van der Waals surface area contributed by atoms with Gasteiger partial charge in [0.05, 0.1) is 6.61 Å². The van der Waals surface area contributed by atoms with E-state index in [1.54, 1.807) is 0 Å². The number of nitrogens with one attached hydrogen (secondary N) is 1. The topological polar surface area (TPSA) is 35.5 Å². The molecule has 0 radical (unpaired) electrons. The van der Waals surface area contributed by atoms with Crippen LogP contribution in [0.3, 0.4) is 0 Å². The first-order valence-electron chi connectivity index (χ1n) is 9.31. The van der Waals surface area contributed by atoms with Crippen molar-refractivity contribution in [3.8, 4) is 0 Å². The van der Waals surface area contributed by atoms with Crippen molar-refractivity contribution in [2.45, 2.75) is 82.7 Å². The normalized spacial score (nSPS) is 36.6. The van der Waals surface area contributed by atoms with Crippen LogP contribution in [0.5, 0.6) is 0 Å². The van der Waals surface area contributed by atoms with Gasteiger partial charge in [-0.15, -0.1) is 0 Å². The van der Waals surface area contributed by atoms with E-state index in [0.717, 1.165) is 31.2 Å². The molecule has 0 aromatic rings. The van der Waals surface area contributed by atoms with E-state index in [-0.39, 0.29) is 5.54 Å². The van der Waals surface area contributed by atoms with Gasteiger partial charge in [-0.25, -0.2) is 0 Å². The minimum atomic E-state index is 0.0170. The van der Waals surface area contributed by atoms with Gasteiger partial charge in [-0.05, 0) is 76.4 Å². The van der Waals surface area contributed by atoms with Crippen molar-refractivity contribution in [1.82, 2.24) is 10.2 Å². The van der Waals surface area contributed by atoms with Crippen LogP contribution >= 0.6 is 0 Å². The van der Waals surface area contributed by atoms with Crippen LogP contribution in [0, 0.1) is 5.41 Å². The Balaban J connectivity index is 1.52. The average Bonchev–Trinajstić information content (AvgIpc) is 3.15. The first-order valence-corrected chi connectivity index (χ1v) is 9.31. The van der Waals surface area contributed by atoms with Crippen molar-refractivity contribution in [1.29, 1.82) is 0 Å². The summed E-state index contributed by atoms with van der Waals surface area (Å²) >= 11 is 0. The van der Waals surface area contributed by atoms with Crippen LogP contribution in [0.4, 0.5) is 0 Å². The fourth-order valence-electron chi connectivity index (χ4n) is 5.15. The third-order valence-electron chi connectivity index (χ3n) is 6.67. The van der Waals surface area contributed by atoms with E-state index in [9.17, 15) is 5.11 Å². The Morgan fingerprint density at radius 1 is 1.10 bits per heavy atom. The maximum atomic E-state index is 9.85. The molecule has 1 spiro atoms. The Labute approximate surface area is 130 Å². The molecule has 3 nitrogen and oxygen atoms in total. The van der Waals surface area contributed by atoms with Crippen molar-refractivity contribution in [3.63, 3.8) is 0 Å². The summed E-state index contributed by atoms with van der Waals surface area (Å²) in [7, 11) is 0. The van der Waals surface area contributed by atoms with Crippen LogP contribution < -0.4 is 5.32 Å². The minimum Gasteiger partial charge on any atom is -0.394 e. The average molecular weight is 294 g/mol. The fraction of sp³-hybridized carbons (Fsp3) is 1.00. The molecule has 3 aliphatic rings. The second-order valence-electron chi connectivity index (χ2n) is 8.00. The van der Waals surface area contributed by atoms with E-state index in [2.05, 4.69) is 17.1 Å². The number of rotatable bonds is 5. The summed E-state index contributed by atoms with van der Waals surface area (Å²) in [6.07, 6.45) is 13.5. The lowest BCUT2D eigenvalue weighted by atomic mass is 9.76. The van der Waals surface area contributed by atoms with Gasteiger partial charge < -0.3 is 15.3 Å². The third kappa shape index (κ3) is 3.30. The zero-order valence-electron chi connectivity index (χ0n) is 13.9. The van der Waals surface area contributed by atoms with Crippen molar-refractivity contribution in [2.24, 2.45) is 5.41 Å². The second-order valence-corrected chi connectivity index (χ2v) is 8.00. The summed E-state index contributed by atoms with van der Waals surface area (Å²) in [5.41, 5.74) is 0.743. The lowest BCUT2D eigenvalue weighted by Crippen LogP contribution is -2.49. The molecule has 3 heteroatoms. The maximum absolute atomic E-state index is 9.85. The maximum Gasteiger partial charge on any atom is 0.0613 e. The van der Waals surface area contributed by atoms with Gasteiger partial charge in [-0.2, -0.15) is 0 Å². The van der Waals surface area contributed by atoms with E-state index < -0.39 is 0 Å². The highest BCUT2D eigenvalue weighted by atomic mass is 16.3. The Kier molecular flexibility index (Phi) is 4.92. The van der Waals surface area contributed by atoms with Gasteiger partial charge in [0, 0.05) is 11.6 Å². The quantitative estimate of drug-likeness (QED) is 0.818. The lowest BCUT2D eigenvalue weighted by Gasteiger charge is -2.42. The molecular weight excluding hydrogens is 260 g/mol. The minimum absolute atomic E-state index is 0.0170.